The minimum atomic E-state index is 0.561. The lowest BCUT2D eigenvalue weighted by molar-refractivity contribution is 0.483. The Hall–Kier alpha value is -7.42. The van der Waals surface area contributed by atoms with E-state index < -0.39 is 0 Å². The van der Waals surface area contributed by atoms with Crippen molar-refractivity contribution < 1.29 is 4.74 Å². The first-order valence-electron chi connectivity index (χ1n) is 18.2. The zero-order valence-corrected chi connectivity index (χ0v) is 30.6. The van der Waals surface area contributed by atoms with Crippen molar-refractivity contribution in [2.45, 2.75) is 0 Å². The Bertz CT molecular complexity index is 2930. The van der Waals surface area contributed by atoms with Crippen molar-refractivity contribution in [1.29, 1.82) is 0 Å². The molecule has 0 bridgehead atoms. The number of benzene rings is 7. The Labute approximate surface area is 326 Å². The predicted molar refractivity (Wildman–Crippen MR) is 225 cm³/mol. The van der Waals surface area contributed by atoms with Gasteiger partial charge in [0, 0.05) is 53.6 Å². The van der Waals surface area contributed by atoms with Gasteiger partial charge in [0.25, 0.3) is 0 Å². The van der Waals surface area contributed by atoms with Gasteiger partial charge < -0.3 is 4.74 Å². The maximum atomic E-state index is 6.42. The van der Waals surface area contributed by atoms with E-state index in [2.05, 4.69) is 42.5 Å². The molecule has 0 saturated heterocycles. The van der Waals surface area contributed by atoms with Crippen LogP contribution in [0.25, 0.3) is 88.5 Å². The molecular formula is C48H30N6OS. The van der Waals surface area contributed by atoms with Gasteiger partial charge in [0.1, 0.15) is 11.5 Å². The summed E-state index contributed by atoms with van der Waals surface area (Å²) < 4.78 is 8.79. The quantitative estimate of drug-likeness (QED) is 0.153. The summed E-state index contributed by atoms with van der Waals surface area (Å²) in [7, 11) is 0. The molecule has 264 valence electrons. The van der Waals surface area contributed by atoms with E-state index >= 15 is 0 Å². The molecule has 0 aliphatic heterocycles. The summed E-state index contributed by atoms with van der Waals surface area (Å²) in [4.78, 5) is 29.6. The summed E-state index contributed by atoms with van der Waals surface area (Å²) in [6.07, 6.45) is 0. The molecule has 10 aromatic rings. The van der Waals surface area contributed by atoms with Crippen LogP contribution in [0.2, 0.25) is 0 Å². The van der Waals surface area contributed by atoms with Crippen molar-refractivity contribution >= 4 is 31.5 Å². The first kappa shape index (κ1) is 33.2. The highest BCUT2D eigenvalue weighted by Gasteiger charge is 2.17. The smallest absolute Gasteiger partial charge is 0.165 e. The Balaban J connectivity index is 0.987. The molecule has 0 aliphatic carbocycles. The van der Waals surface area contributed by atoms with E-state index in [1.165, 1.54) is 15.5 Å². The number of aromatic nitrogens is 6. The van der Waals surface area contributed by atoms with Crippen molar-refractivity contribution in [1.82, 2.24) is 29.9 Å². The Morgan fingerprint density at radius 3 is 1.36 bits per heavy atom. The predicted octanol–water partition coefficient (Wildman–Crippen LogP) is 12.2. The molecule has 0 atom stereocenters. The highest BCUT2D eigenvalue weighted by atomic mass is 32.1. The van der Waals surface area contributed by atoms with Crippen LogP contribution in [-0.4, -0.2) is 29.9 Å². The SMILES string of the molecule is c1ccc(-c2nc(-c3ccccc3)nc(-c3ccc(Oc4cccc(-c5nc(-c6ccccc6)nc(-c6cccc7c6sc6ccccc67)n5)c4)cc3)n2)cc1. The molecule has 3 heterocycles. The van der Waals surface area contributed by atoms with Crippen molar-refractivity contribution in [3.8, 4) is 79.8 Å². The van der Waals surface area contributed by atoms with Crippen LogP contribution in [0, 0.1) is 0 Å². The number of ether oxygens (including phenoxy) is 1. The normalized spacial score (nSPS) is 11.2. The topological polar surface area (TPSA) is 86.6 Å². The molecule has 0 spiro atoms. The van der Waals surface area contributed by atoms with Gasteiger partial charge >= 0.3 is 0 Å². The molecular weight excluding hydrogens is 709 g/mol. The van der Waals surface area contributed by atoms with E-state index in [9.17, 15) is 0 Å². The molecule has 0 amide bonds. The van der Waals surface area contributed by atoms with Crippen molar-refractivity contribution in [3.63, 3.8) is 0 Å². The third-order valence-corrected chi connectivity index (χ3v) is 10.7. The average Bonchev–Trinajstić information content (AvgIpc) is 3.66. The summed E-state index contributed by atoms with van der Waals surface area (Å²) in [5.74, 6) is 4.93. The van der Waals surface area contributed by atoms with Crippen molar-refractivity contribution in [2.24, 2.45) is 0 Å². The van der Waals surface area contributed by atoms with Crippen LogP contribution >= 0.6 is 11.3 Å². The lowest BCUT2D eigenvalue weighted by Crippen LogP contribution is -2.00. The Morgan fingerprint density at radius 1 is 0.321 bits per heavy atom. The van der Waals surface area contributed by atoms with Crippen LogP contribution in [0.5, 0.6) is 11.5 Å². The van der Waals surface area contributed by atoms with Gasteiger partial charge in [0.15, 0.2) is 34.9 Å². The number of rotatable bonds is 8. The largest absolute Gasteiger partial charge is 0.457 e. The van der Waals surface area contributed by atoms with E-state index in [-0.39, 0.29) is 0 Å². The van der Waals surface area contributed by atoms with E-state index in [4.69, 9.17) is 34.6 Å². The lowest BCUT2D eigenvalue weighted by atomic mass is 10.1. The molecule has 56 heavy (non-hydrogen) atoms. The van der Waals surface area contributed by atoms with Crippen LogP contribution < -0.4 is 4.74 Å². The average molecular weight is 739 g/mol. The minimum absolute atomic E-state index is 0.561. The van der Waals surface area contributed by atoms with Gasteiger partial charge in [-0.25, -0.2) is 29.9 Å². The van der Waals surface area contributed by atoms with E-state index in [0.717, 1.165) is 38.1 Å². The van der Waals surface area contributed by atoms with Crippen LogP contribution in [0.4, 0.5) is 0 Å². The van der Waals surface area contributed by atoms with Gasteiger partial charge in [-0.05, 0) is 48.5 Å². The second kappa shape index (κ2) is 14.4. The van der Waals surface area contributed by atoms with Crippen LogP contribution in [-0.2, 0) is 0 Å². The highest BCUT2D eigenvalue weighted by molar-refractivity contribution is 7.26. The highest BCUT2D eigenvalue weighted by Crippen LogP contribution is 2.40. The number of nitrogens with zero attached hydrogens (tertiary/aromatic N) is 6. The number of fused-ring (bicyclic) bond motifs is 3. The monoisotopic (exact) mass is 738 g/mol. The maximum absolute atomic E-state index is 6.42. The van der Waals surface area contributed by atoms with E-state index in [1.807, 2.05) is 140 Å². The van der Waals surface area contributed by atoms with Gasteiger partial charge in [-0.1, -0.05) is 133 Å². The second-order valence-electron chi connectivity index (χ2n) is 13.1. The first-order chi connectivity index (χ1) is 27.7. The fraction of sp³-hybridized carbons (Fsp3) is 0. The fourth-order valence-electron chi connectivity index (χ4n) is 6.71. The van der Waals surface area contributed by atoms with Crippen LogP contribution in [0.3, 0.4) is 0 Å². The molecule has 8 heteroatoms. The van der Waals surface area contributed by atoms with Gasteiger partial charge in [0.05, 0.1) is 0 Å². The van der Waals surface area contributed by atoms with E-state index in [1.54, 1.807) is 11.3 Å². The second-order valence-corrected chi connectivity index (χ2v) is 14.2. The summed E-state index contributed by atoms with van der Waals surface area (Å²) in [6, 6.07) is 60.4. The zero-order valence-electron chi connectivity index (χ0n) is 29.8. The first-order valence-corrected chi connectivity index (χ1v) is 19.0. The number of hydrogen-bond acceptors (Lipinski definition) is 8. The fourth-order valence-corrected chi connectivity index (χ4v) is 7.92. The standard InChI is InChI=1S/C48H30N6OS/c1-4-14-31(15-5-1)43-49-44(32-16-6-2-7-17-32)51-46(50-43)34-26-28-36(29-27-34)55-37-21-12-20-35(30-37)47-52-45(33-18-8-3-9-19-33)53-48(54-47)40-24-13-23-39-38-22-10-11-25-41(38)56-42(39)40/h1-30H. The molecule has 0 fully saturated rings. The molecule has 0 unspecified atom stereocenters. The number of hydrogen-bond donors (Lipinski definition) is 0. The van der Waals surface area contributed by atoms with Crippen LogP contribution in [0.1, 0.15) is 0 Å². The van der Waals surface area contributed by atoms with Crippen molar-refractivity contribution in [2.75, 3.05) is 0 Å². The van der Waals surface area contributed by atoms with Gasteiger partial charge in [-0.2, -0.15) is 0 Å². The third kappa shape index (κ3) is 6.55. The summed E-state index contributed by atoms with van der Waals surface area (Å²) in [5.41, 5.74) is 5.40. The maximum Gasteiger partial charge on any atom is 0.165 e. The van der Waals surface area contributed by atoms with E-state index in [0.29, 0.717) is 46.4 Å². The van der Waals surface area contributed by atoms with Crippen molar-refractivity contribution in [3.05, 3.63) is 182 Å². The summed E-state index contributed by atoms with van der Waals surface area (Å²) >= 11 is 1.76. The molecule has 7 aromatic carbocycles. The summed E-state index contributed by atoms with van der Waals surface area (Å²) in [5, 5.41) is 2.42. The summed E-state index contributed by atoms with van der Waals surface area (Å²) in [6.45, 7) is 0. The lowest BCUT2D eigenvalue weighted by Gasteiger charge is -2.11. The molecule has 0 radical (unpaired) electrons. The Kier molecular flexibility index (Phi) is 8.55. The molecule has 0 saturated carbocycles. The number of thiophene rings is 1. The zero-order chi connectivity index (χ0) is 37.3. The minimum Gasteiger partial charge on any atom is -0.457 e. The van der Waals surface area contributed by atoms with Gasteiger partial charge in [0.2, 0.25) is 0 Å². The third-order valence-electron chi connectivity index (χ3n) is 9.45. The van der Waals surface area contributed by atoms with Gasteiger partial charge in [-0.15, -0.1) is 11.3 Å². The molecule has 0 N–H and O–H groups in total. The molecule has 7 nitrogen and oxygen atoms in total. The molecule has 0 aliphatic rings. The van der Waals surface area contributed by atoms with Gasteiger partial charge in [-0.3, -0.25) is 0 Å². The van der Waals surface area contributed by atoms with Crippen LogP contribution in [0.15, 0.2) is 182 Å². The Morgan fingerprint density at radius 2 is 0.768 bits per heavy atom. The molecule has 10 rings (SSSR count). The molecule has 3 aromatic heterocycles.